The van der Waals surface area contributed by atoms with Gasteiger partial charge in [0.2, 0.25) is 5.91 Å². The van der Waals surface area contributed by atoms with Crippen LogP contribution in [0.4, 0.5) is 5.69 Å². The van der Waals surface area contributed by atoms with Gasteiger partial charge in [0.15, 0.2) is 0 Å². The van der Waals surface area contributed by atoms with Crippen LogP contribution in [0.25, 0.3) is 0 Å². The van der Waals surface area contributed by atoms with E-state index >= 15 is 0 Å². The number of rotatable bonds is 5. The molecule has 0 heterocycles. The molecule has 1 aromatic rings. The highest BCUT2D eigenvalue weighted by atomic mass is 16.2. The average Bonchev–Trinajstić information content (AvgIpc) is 2.24. The zero-order chi connectivity index (χ0) is 12.0. The van der Waals surface area contributed by atoms with Gasteiger partial charge in [0.25, 0.3) is 0 Å². The Morgan fingerprint density at radius 3 is 2.75 bits per heavy atom. The van der Waals surface area contributed by atoms with Crippen molar-refractivity contribution in [2.45, 2.75) is 20.8 Å². The molecule has 1 aromatic carbocycles. The van der Waals surface area contributed by atoms with Gasteiger partial charge in [-0.25, -0.2) is 0 Å². The minimum atomic E-state index is 0.133. The zero-order valence-corrected chi connectivity index (χ0v) is 10.3. The number of likely N-dealkylation sites (N-methyl/N-ethyl adjacent to an activating group) is 1. The van der Waals surface area contributed by atoms with Crippen LogP contribution in [-0.4, -0.2) is 30.4 Å². The minimum absolute atomic E-state index is 0.133. The molecular weight excluding hydrogens is 200 g/mol. The van der Waals surface area contributed by atoms with Gasteiger partial charge in [-0.3, -0.25) is 4.79 Å². The van der Waals surface area contributed by atoms with E-state index in [1.54, 1.807) is 6.92 Å². The lowest BCUT2D eigenvalue weighted by molar-refractivity contribution is -0.128. The number of hydrogen-bond donors (Lipinski definition) is 1. The molecule has 0 atom stereocenters. The van der Waals surface area contributed by atoms with Crippen molar-refractivity contribution < 1.29 is 4.79 Å². The third-order valence-electron chi connectivity index (χ3n) is 2.56. The van der Waals surface area contributed by atoms with E-state index in [2.05, 4.69) is 24.4 Å². The molecule has 0 fully saturated rings. The van der Waals surface area contributed by atoms with Crippen LogP contribution in [0.2, 0.25) is 0 Å². The molecule has 16 heavy (non-hydrogen) atoms. The number of carbonyl (C=O) groups excluding carboxylic acids is 1. The number of aryl methyl sites for hydroxylation is 1. The maximum absolute atomic E-state index is 11.2. The number of nitrogens with zero attached hydrogens (tertiary/aromatic N) is 1. The van der Waals surface area contributed by atoms with Crippen LogP contribution in [0.1, 0.15) is 19.4 Å². The third-order valence-corrected chi connectivity index (χ3v) is 2.56. The molecule has 0 radical (unpaired) electrons. The first-order chi connectivity index (χ1) is 7.63. The summed E-state index contributed by atoms with van der Waals surface area (Å²) in [5, 5.41) is 3.31. The summed E-state index contributed by atoms with van der Waals surface area (Å²) in [6.07, 6.45) is 0. The fourth-order valence-corrected chi connectivity index (χ4v) is 1.63. The molecule has 0 saturated heterocycles. The predicted octanol–water partition coefficient (Wildman–Crippen LogP) is 2.28. The maximum Gasteiger partial charge on any atom is 0.219 e. The van der Waals surface area contributed by atoms with Gasteiger partial charge >= 0.3 is 0 Å². The lowest BCUT2D eigenvalue weighted by Crippen LogP contribution is -2.32. The van der Waals surface area contributed by atoms with Crippen molar-refractivity contribution >= 4 is 11.6 Å². The average molecular weight is 220 g/mol. The van der Waals surface area contributed by atoms with Crippen LogP contribution in [0.5, 0.6) is 0 Å². The van der Waals surface area contributed by atoms with Crippen molar-refractivity contribution in [1.29, 1.82) is 0 Å². The van der Waals surface area contributed by atoms with Crippen molar-refractivity contribution in [3.63, 3.8) is 0 Å². The summed E-state index contributed by atoms with van der Waals surface area (Å²) < 4.78 is 0. The summed E-state index contributed by atoms with van der Waals surface area (Å²) >= 11 is 0. The predicted molar refractivity (Wildman–Crippen MR) is 67.6 cm³/mol. The van der Waals surface area contributed by atoms with E-state index in [9.17, 15) is 4.79 Å². The highest BCUT2D eigenvalue weighted by Gasteiger charge is 2.04. The molecule has 88 valence electrons. The van der Waals surface area contributed by atoms with E-state index in [1.165, 1.54) is 5.56 Å². The Kier molecular flexibility index (Phi) is 4.83. The molecule has 3 nitrogen and oxygen atoms in total. The number of hydrogen-bond acceptors (Lipinski definition) is 2. The second kappa shape index (κ2) is 6.16. The molecule has 0 saturated carbocycles. The van der Waals surface area contributed by atoms with Crippen molar-refractivity contribution in [3.05, 3.63) is 29.8 Å². The molecule has 1 amide bonds. The van der Waals surface area contributed by atoms with Crippen LogP contribution in [0.3, 0.4) is 0 Å². The van der Waals surface area contributed by atoms with Crippen molar-refractivity contribution in [2.75, 3.05) is 25.0 Å². The maximum atomic E-state index is 11.2. The summed E-state index contributed by atoms with van der Waals surface area (Å²) in [5.74, 6) is 0.133. The number of anilines is 1. The Morgan fingerprint density at radius 2 is 2.19 bits per heavy atom. The Balaban J connectivity index is 2.38. The Morgan fingerprint density at radius 1 is 1.44 bits per heavy atom. The topological polar surface area (TPSA) is 32.3 Å². The third kappa shape index (κ3) is 3.93. The van der Waals surface area contributed by atoms with Gasteiger partial charge in [-0.2, -0.15) is 0 Å². The number of nitrogens with one attached hydrogen (secondary N) is 1. The molecular formula is C13H20N2O. The zero-order valence-electron chi connectivity index (χ0n) is 10.3. The van der Waals surface area contributed by atoms with Gasteiger partial charge in [0.1, 0.15) is 0 Å². The van der Waals surface area contributed by atoms with E-state index in [0.29, 0.717) is 0 Å². The molecule has 0 spiro atoms. The standard InChI is InChI=1S/C13H20N2O/c1-4-15(12(3)16)9-8-14-13-7-5-6-11(2)10-13/h5-7,10,14H,4,8-9H2,1-3H3. The van der Waals surface area contributed by atoms with Gasteiger partial charge in [0, 0.05) is 32.2 Å². The summed E-state index contributed by atoms with van der Waals surface area (Å²) in [4.78, 5) is 13.0. The van der Waals surface area contributed by atoms with Crippen LogP contribution in [0.15, 0.2) is 24.3 Å². The molecule has 0 aliphatic rings. The first kappa shape index (κ1) is 12.6. The minimum Gasteiger partial charge on any atom is -0.383 e. The monoisotopic (exact) mass is 220 g/mol. The number of amides is 1. The lowest BCUT2D eigenvalue weighted by Gasteiger charge is -2.19. The first-order valence-electron chi connectivity index (χ1n) is 5.69. The molecule has 0 aromatic heterocycles. The summed E-state index contributed by atoms with van der Waals surface area (Å²) in [6, 6.07) is 8.24. The molecule has 3 heteroatoms. The number of carbonyl (C=O) groups is 1. The highest BCUT2D eigenvalue weighted by Crippen LogP contribution is 2.08. The smallest absolute Gasteiger partial charge is 0.219 e. The van der Waals surface area contributed by atoms with Crippen molar-refractivity contribution in [1.82, 2.24) is 4.90 Å². The molecule has 0 unspecified atom stereocenters. The molecule has 1 rings (SSSR count). The van der Waals surface area contributed by atoms with E-state index in [1.807, 2.05) is 24.0 Å². The fraction of sp³-hybridized carbons (Fsp3) is 0.462. The van der Waals surface area contributed by atoms with Gasteiger partial charge in [-0.1, -0.05) is 12.1 Å². The number of benzene rings is 1. The summed E-state index contributed by atoms with van der Waals surface area (Å²) in [7, 11) is 0. The molecule has 0 aliphatic carbocycles. The largest absolute Gasteiger partial charge is 0.383 e. The van der Waals surface area contributed by atoms with Gasteiger partial charge in [0.05, 0.1) is 0 Å². The van der Waals surface area contributed by atoms with E-state index in [-0.39, 0.29) is 5.91 Å². The molecule has 0 bridgehead atoms. The lowest BCUT2D eigenvalue weighted by atomic mass is 10.2. The van der Waals surface area contributed by atoms with Crippen molar-refractivity contribution in [3.8, 4) is 0 Å². The fourth-order valence-electron chi connectivity index (χ4n) is 1.63. The van der Waals surface area contributed by atoms with Crippen LogP contribution in [0, 0.1) is 6.92 Å². The van der Waals surface area contributed by atoms with Crippen molar-refractivity contribution in [2.24, 2.45) is 0 Å². The first-order valence-corrected chi connectivity index (χ1v) is 5.69. The van der Waals surface area contributed by atoms with Gasteiger partial charge < -0.3 is 10.2 Å². The highest BCUT2D eigenvalue weighted by molar-refractivity contribution is 5.73. The normalized spacial score (nSPS) is 9.94. The Labute approximate surface area is 97.5 Å². The van der Waals surface area contributed by atoms with Gasteiger partial charge in [-0.05, 0) is 31.5 Å². The van der Waals surface area contributed by atoms with Gasteiger partial charge in [-0.15, -0.1) is 0 Å². The van der Waals surface area contributed by atoms with E-state index < -0.39 is 0 Å². The SMILES string of the molecule is CCN(CCNc1cccc(C)c1)C(C)=O. The summed E-state index contributed by atoms with van der Waals surface area (Å²) in [6.45, 7) is 7.98. The molecule has 0 aliphatic heterocycles. The Hall–Kier alpha value is -1.51. The van der Waals surface area contributed by atoms with Crippen LogP contribution >= 0.6 is 0 Å². The second-order valence-electron chi connectivity index (χ2n) is 3.89. The summed E-state index contributed by atoms with van der Waals surface area (Å²) in [5.41, 5.74) is 2.35. The van der Waals surface area contributed by atoms with E-state index in [4.69, 9.17) is 0 Å². The molecule has 1 N–H and O–H groups in total. The van der Waals surface area contributed by atoms with Crippen LogP contribution < -0.4 is 5.32 Å². The van der Waals surface area contributed by atoms with E-state index in [0.717, 1.165) is 25.3 Å². The quantitative estimate of drug-likeness (QED) is 0.825. The van der Waals surface area contributed by atoms with Crippen LogP contribution in [-0.2, 0) is 4.79 Å². The Bertz CT molecular complexity index is 350. The second-order valence-corrected chi connectivity index (χ2v) is 3.89.